The Morgan fingerprint density at radius 2 is 2.17 bits per heavy atom. The molecule has 0 bridgehead atoms. The Hall–Kier alpha value is -1.82. The van der Waals surface area contributed by atoms with Crippen molar-refractivity contribution >= 4 is 0 Å². The van der Waals surface area contributed by atoms with Crippen molar-refractivity contribution in [1.29, 1.82) is 0 Å². The predicted octanol–water partition coefficient (Wildman–Crippen LogP) is 1.60. The van der Waals surface area contributed by atoms with Crippen LogP contribution in [0, 0.1) is 11.6 Å². The van der Waals surface area contributed by atoms with Crippen molar-refractivity contribution in [2.24, 2.45) is 7.05 Å². The number of hydrogen-bond donors (Lipinski definition) is 1. The first-order valence-electron chi connectivity index (χ1n) is 5.57. The van der Waals surface area contributed by atoms with Crippen molar-refractivity contribution in [2.75, 3.05) is 7.05 Å². The molecule has 0 fully saturated rings. The zero-order chi connectivity index (χ0) is 13.1. The summed E-state index contributed by atoms with van der Waals surface area (Å²) in [5, 5.41) is 6.96. The fraction of sp³-hybridized carbons (Fsp3) is 0.333. The Balaban J connectivity index is 2.26. The summed E-state index contributed by atoms with van der Waals surface area (Å²) in [5.41, 5.74) is 0.418. The van der Waals surface area contributed by atoms with Crippen LogP contribution in [0.25, 0.3) is 0 Å². The molecule has 1 N–H and O–H groups in total. The molecule has 6 heteroatoms. The molecule has 0 aliphatic rings. The molecule has 1 aromatic heterocycles. The lowest BCUT2D eigenvalue weighted by atomic mass is 10.0. The van der Waals surface area contributed by atoms with Crippen molar-refractivity contribution in [1.82, 2.24) is 20.1 Å². The van der Waals surface area contributed by atoms with Gasteiger partial charge in [0.2, 0.25) is 0 Å². The second-order valence-corrected chi connectivity index (χ2v) is 4.01. The monoisotopic (exact) mass is 252 g/mol. The molecule has 0 spiro atoms. The van der Waals surface area contributed by atoms with Crippen LogP contribution in [0.4, 0.5) is 8.78 Å². The molecule has 2 rings (SSSR count). The summed E-state index contributed by atoms with van der Waals surface area (Å²) >= 11 is 0. The SMILES string of the molecule is CNC(Cc1ncnn1C)c1ccc(F)cc1F. The molecule has 0 saturated heterocycles. The van der Waals surface area contributed by atoms with E-state index in [2.05, 4.69) is 15.4 Å². The molecule has 4 nitrogen and oxygen atoms in total. The number of nitrogens with one attached hydrogen (secondary N) is 1. The summed E-state index contributed by atoms with van der Waals surface area (Å²) in [7, 11) is 3.50. The second kappa shape index (κ2) is 5.22. The molecule has 96 valence electrons. The van der Waals surface area contributed by atoms with Gasteiger partial charge in [-0.15, -0.1) is 0 Å². The highest BCUT2D eigenvalue weighted by atomic mass is 19.1. The van der Waals surface area contributed by atoms with Crippen LogP contribution in [0.1, 0.15) is 17.4 Å². The maximum atomic E-state index is 13.7. The number of rotatable bonds is 4. The van der Waals surface area contributed by atoms with Gasteiger partial charge in [0.15, 0.2) is 0 Å². The zero-order valence-corrected chi connectivity index (χ0v) is 10.2. The van der Waals surface area contributed by atoms with E-state index in [0.717, 1.165) is 11.9 Å². The Morgan fingerprint density at radius 1 is 1.39 bits per heavy atom. The first-order chi connectivity index (χ1) is 8.61. The Bertz CT molecular complexity index is 539. The smallest absolute Gasteiger partial charge is 0.138 e. The van der Waals surface area contributed by atoms with E-state index in [9.17, 15) is 8.78 Å². The number of aromatic nitrogens is 3. The normalized spacial score (nSPS) is 12.7. The van der Waals surface area contributed by atoms with Gasteiger partial charge in [-0.3, -0.25) is 4.68 Å². The number of benzene rings is 1. The van der Waals surface area contributed by atoms with Gasteiger partial charge in [-0.2, -0.15) is 5.10 Å². The topological polar surface area (TPSA) is 42.7 Å². The van der Waals surface area contributed by atoms with Crippen LogP contribution in [0.3, 0.4) is 0 Å². The average Bonchev–Trinajstić information content (AvgIpc) is 2.73. The van der Waals surface area contributed by atoms with Gasteiger partial charge in [-0.05, 0) is 13.1 Å². The summed E-state index contributed by atoms with van der Waals surface area (Å²) < 4.78 is 28.2. The molecule has 1 heterocycles. The molecule has 1 atom stereocenters. The van der Waals surface area contributed by atoms with E-state index >= 15 is 0 Å². The van der Waals surface area contributed by atoms with Gasteiger partial charge in [0.25, 0.3) is 0 Å². The van der Waals surface area contributed by atoms with Crippen molar-refractivity contribution in [3.8, 4) is 0 Å². The molecule has 0 aliphatic carbocycles. The van der Waals surface area contributed by atoms with Gasteiger partial charge in [0, 0.05) is 31.1 Å². The summed E-state index contributed by atoms with van der Waals surface area (Å²) in [6, 6.07) is 3.31. The van der Waals surface area contributed by atoms with E-state index in [4.69, 9.17) is 0 Å². The molecular formula is C12H14F2N4. The van der Waals surface area contributed by atoms with E-state index in [1.165, 1.54) is 18.5 Å². The van der Waals surface area contributed by atoms with Crippen molar-refractivity contribution in [3.05, 3.63) is 47.5 Å². The third-order valence-electron chi connectivity index (χ3n) is 2.88. The fourth-order valence-corrected chi connectivity index (χ4v) is 1.84. The maximum absolute atomic E-state index is 13.7. The number of aryl methyl sites for hydroxylation is 1. The van der Waals surface area contributed by atoms with Crippen LogP contribution in [0.2, 0.25) is 0 Å². The van der Waals surface area contributed by atoms with Gasteiger partial charge in [-0.25, -0.2) is 13.8 Å². The van der Waals surface area contributed by atoms with E-state index < -0.39 is 11.6 Å². The van der Waals surface area contributed by atoms with Crippen molar-refractivity contribution < 1.29 is 8.78 Å². The summed E-state index contributed by atoms with van der Waals surface area (Å²) in [4.78, 5) is 4.09. The van der Waals surface area contributed by atoms with Gasteiger partial charge in [0.05, 0.1) is 0 Å². The number of likely N-dealkylation sites (N-methyl/N-ethyl adjacent to an activating group) is 1. The number of halogens is 2. The van der Waals surface area contributed by atoms with E-state index in [0.29, 0.717) is 12.0 Å². The Labute approximate surface area is 104 Å². The third kappa shape index (κ3) is 2.53. The molecule has 0 saturated carbocycles. The molecule has 0 amide bonds. The van der Waals surface area contributed by atoms with Crippen LogP contribution in [-0.2, 0) is 13.5 Å². The second-order valence-electron chi connectivity index (χ2n) is 4.01. The number of nitrogens with zero attached hydrogens (tertiary/aromatic N) is 3. The average molecular weight is 252 g/mol. The van der Waals surface area contributed by atoms with Gasteiger partial charge < -0.3 is 5.32 Å². The van der Waals surface area contributed by atoms with Gasteiger partial charge in [-0.1, -0.05) is 6.07 Å². The van der Waals surface area contributed by atoms with Crippen LogP contribution >= 0.6 is 0 Å². The Morgan fingerprint density at radius 3 is 2.72 bits per heavy atom. The molecule has 2 aromatic rings. The van der Waals surface area contributed by atoms with Crippen LogP contribution in [0.15, 0.2) is 24.5 Å². The first kappa shape index (κ1) is 12.6. The molecule has 0 radical (unpaired) electrons. The van der Waals surface area contributed by atoms with Gasteiger partial charge >= 0.3 is 0 Å². The fourth-order valence-electron chi connectivity index (χ4n) is 1.84. The summed E-state index contributed by atoms with van der Waals surface area (Å²) in [6.45, 7) is 0. The zero-order valence-electron chi connectivity index (χ0n) is 10.2. The van der Waals surface area contributed by atoms with E-state index in [-0.39, 0.29) is 6.04 Å². The largest absolute Gasteiger partial charge is 0.313 e. The molecular weight excluding hydrogens is 238 g/mol. The van der Waals surface area contributed by atoms with Crippen molar-refractivity contribution in [2.45, 2.75) is 12.5 Å². The molecule has 1 unspecified atom stereocenters. The van der Waals surface area contributed by atoms with Crippen LogP contribution in [-0.4, -0.2) is 21.8 Å². The highest BCUT2D eigenvalue weighted by molar-refractivity contribution is 5.23. The van der Waals surface area contributed by atoms with E-state index in [1.54, 1.807) is 18.8 Å². The maximum Gasteiger partial charge on any atom is 0.138 e. The quantitative estimate of drug-likeness (QED) is 0.898. The van der Waals surface area contributed by atoms with Gasteiger partial charge in [0.1, 0.15) is 23.8 Å². The van der Waals surface area contributed by atoms with Crippen LogP contribution < -0.4 is 5.32 Å². The first-order valence-corrected chi connectivity index (χ1v) is 5.57. The van der Waals surface area contributed by atoms with E-state index in [1.807, 2.05) is 0 Å². The van der Waals surface area contributed by atoms with Crippen molar-refractivity contribution in [3.63, 3.8) is 0 Å². The highest BCUT2D eigenvalue weighted by Gasteiger charge is 2.17. The minimum Gasteiger partial charge on any atom is -0.313 e. The molecule has 0 aliphatic heterocycles. The molecule has 1 aromatic carbocycles. The minimum absolute atomic E-state index is 0.270. The van der Waals surface area contributed by atoms with Crippen LogP contribution in [0.5, 0.6) is 0 Å². The Kier molecular flexibility index (Phi) is 3.66. The highest BCUT2D eigenvalue weighted by Crippen LogP contribution is 2.20. The minimum atomic E-state index is -0.579. The lowest BCUT2D eigenvalue weighted by Gasteiger charge is -2.16. The lowest BCUT2D eigenvalue weighted by molar-refractivity contribution is 0.506. The summed E-state index contributed by atoms with van der Waals surface area (Å²) in [5.74, 6) is -0.403. The standard InChI is InChI=1S/C12H14F2N4/c1-15-11(6-12-16-7-17-18(12)2)9-4-3-8(13)5-10(9)14/h3-5,7,11,15H,6H2,1-2H3. The number of hydrogen-bond acceptors (Lipinski definition) is 3. The third-order valence-corrected chi connectivity index (χ3v) is 2.88. The molecule has 18 heavy (non-hydrogen) atoms. The summed E-state index contributed by atoms with van der Waals surface area (Å²) in [6.07, 6.45) is 1.93. The predicted molar refractivity (Wildman–Crippen MR) is 62.9 cm³/mol. The lowest BCUT2D eigenvalue weighted by Crippen LogP contribution is -2.21.